The van der Waals surface area contributed by atoms with E-state index < -0.39 is 0 Å². The van der Waals surface area contributed by atoms with Crippen LogP contribution in [0.2, 0.25) is 0 Å². The summed E-state index contributed by atoms with van der Waals surface area (Å²) in [6.45, 7) is 2.21. The van der Waals surface area contributed by atoms with Crippen LogP contribution in [-0.4, -0.2) is 0 Å². The standard InChI is InChI=1S/C23H20/c1-17-10-8-9-15-20(17)21-16-22(21)23(18-11-4-2-5-12-18)19-13-6-3-7-14-19/h2-16,21,23H,1H3. The predicted octanol–water partition coefficient (Wildman–Crippen LogP) is 5.85. The lowest BCUT2D eigenvalue weighted by atomic mass is 9.86. The number of hydrogen-bond donors (Lipinski definition) is 0. The number of hydrogen-bond acceptors (Lipinski definition) is 0. The van der Waals surface area contributed by atoms with E-state index in [-0.39, 0.29) is 0 Å². The van der Waals surface area contributed by atoms with Gasteiger partial charge in [0.25, 0.3) is 0 Å². The first-order valence-corrected chi connectivity index (χ1v) is 8.21. The summed E-state index contributed by atoms with van der Waals surface area (Å²) in [6, 6.07) is 30.4. The monoisotopic (exact) mass is 296 g/mol. The molecule has 1 aliphatic rings. The molecule has 1 unspecified atom stereocenters. The summed E-state index contributed by atoms with van der Waals surface area (Å²) < 4.78 is 0. The summed E-state index contributed by atoms with van der Waals surface area (Å²) in [4.78, 5) is 0. The molecule has 0 fully saturated rings. The molecule has 3 aromatic rings. The van der Waals surface area contributed by atoms with Gasteiger partial charge in [0.15, 0.2) is 0 Å². The molecule has 0 radical (unpaired) electrons. The van der Waals surface area contributed by atoms with E-state index in [1.165, 1.54) is 27.8 Å². The number of rotatable bonds is 4. The Balaban J connectivity index is 1.71. The smallest absolute Gasteiger partial charge is 0.0308 e. The molecule has 0 bridgehead atoms. The van der Waals surface area contributed by atoms with Crippen LogP contribution in [0.25, 0.3) is 0 Å². The van der Waals surface area contributed by atoms with Gasteiger partial charge < -0.3 is 0 Å². The minimum absolute atomic E-state index is 0.363. The van der Waals surface area contributed by atoms with Crippen molar-refractivity contribution in [1.82, 2.24) is 0 Å². The second-order valence-electron chi connectivity index (χ2n) is 6.26. The third-order valence-electron chi connectivity index (χ3n) is 4.73. The quantitative estimate of drug-likeness (QED) is 0.530. The molecule has 3 aromatic carbocycles. The van der Waals surface area contributed by atoms with Gasteiger partial charge >= 0.3 is 0 Å². The zero-order valence-corrected chi connectivity index (χ0v) is 13.3. The van der Waals surface area contributed by atoms with Crippen molar-refractivity contribution in [2.75, 3.05) is 0 Å². The van der Waals surface area contributed by atoms with Crippen molar-refractivity contribution in [3.05, 3.63) is 119 Å². The Bertz CT molecular complexity index is 789. The van der Waals surface area contributed by atoms with Crippen LogP contribution in [0, 0.1) is 6.92 Å². The van der Waals surface area contributed by atoms with Gasteiger partial charge in [-0.05, 0) is 29.2 Å². The fourth-order valence-corrected chi connectivity index (χ4v) is 3.49. The van der Waals surface area contributed by atoms with Crippen molar-refractivity contribution in [2.45, 2.75) is 18.8 Å². The average molecular weight is 296 g/mol. The van der Waals surface area contributed by atoms with Gasteiger partial charge in [0, 0.05) is 11.8 Å². The largest absolute Gasteiger partial charge is 0.0718 e. The van der Waals surface area contributed by atoms with Crippen LogP contribution in [0.1, 0.15) is 34.1 Å². The molecule has 1 aliphatic carbocycles. The van der Waals surface area contributed by atoms with Gasteiger partial charge in [-0.1, -0.05) is 96.6 Å². The van der Waals surface area contributed by atoms with Crippen LogP contribution >= 0.6 is 0 Å². The highest BCUT2D eigenvalue weighted by molar-refractivity contribution is 5.57. The molecule has 0 nitrogen and oxygen atoms in total. The van der Waals surface area contributed by atoms with Gasteiger partial charge in [0.2, 0.25) is 0 Å². The van der Waals surface area contributed by atoms with Crippen LogP contribution in [0.5, 0.6) is 0 Å². The molecule has 0 spiro atoms. The SMILES string of the molecule is Cc1ccccc1C1C=C1C(c1ccccc1)c1ccccc1. The Hall–Kier alpha value is -2.60. The lowest BCUT2D eigenvalue weighted by Gasteiger charge is -2.18. The number of benzene rings is 3. The second-order valence-corrected chi connectivity index (χ2v) is 6.26. The topological polar surface area (TPSA) is 0 Å². The number of aryl methyl sites for hydroxylation is 1. The molecule has 0 amide bonds. The van der Waals surface area contributed by atoms with E-state index in [2.05, 4.69) is 97.9 Å². The molecule has 112 valence electrons. The molecule has 4 rings (SSSR count). The van der Waals surface area contributed by atoms with Crippen molar-refractivity contribution in [2.24, 2.45) is 0 Å². The summed E-state index contributed by atoms with van der Waals surface area (Å²) in [5.74, 6) is 0.851. The van der Waals surface area contributed by atoms with Crippen molar-refractivity contribution in [1.29, 1.82) is 0 Å². The Morgan fingerprint density at radius 1 is 0.652 bits per heavy atom. The molecule has 0 saturated heterocycles. The Morgan fingerprint density at radius 2 is 1.17 bits per heavy atom. The highest BCUT2D eigenvalue weighted by Crippen LogP contribution is 2.50. The minimum Gasteiger partial charge on any atom is -0.0718 e. The maximum Gasteiger partial charge on any atom is 0.0308 e. The third kappa shape index (κ3) is 2.73. The predicted molar refractivity (Wildman–Crippen MR) is 96.7 cm³/mol. The molecule has 0 saturated carbocycles. The first-order valence-electron chi connectivity index (χ1n) is 8.21. The second kappa shape index (κ2) is 5.89. The first kappa shape index (κ1) is 14.0. The van der Waals surface area contributed by atoms with Crippen molar-refractivity contribution in [3.8, 4) is 0 Å². The van der Waals surface area contributed by atoms with E-state index in [1.54, 1.807) is 0 Å². The summed E-state index contributed by atoms with van der Waals surface area (Å²) in [5.41, 5.74) is 7.10. The number of allylic oxidation sites excluding steroid dienone is 2. The maximum absolute atomic E-state index is 2.42. The van der Waals surface area contributed by atoms with Gasteiger partial charge in [-0.25, -0.2) is 0 Å². The van der Waals surface area contributed by atoms with E-state index in [4.69, 9.17) is 0 Å². The lowest BCUT2D eigenvalue weighted by molar-refractivity contribution is 0.936. The fourth-order valence-electron chi connectivity index (χ4n) is 3.49. The molecule has 0 aliphatic heterocycles. The fraction of sp³-hybridized carbons (Fsp3) is 0.130. The third-order valence-corrected chi connectivity index (χ3v) is 4.73. The van der Waals surface area contributed by atoms with E-state index in [0.29, 0.717) is 11.8 Å². The molecule has 0 aromatic heterocycles. The molecule has 23 heavy (non-hydrogen) atoms. The van der Waals surface area contributed by atoms with Crippen molar-refractivity contribution >= 4 is 0 Å². The van der Waals surface area contributed by atoms with Crippen LogP contribution in [0.3, 0.4) is 0 Å². The van der Waals surface area contributed by atoms with E-state index in [0.717, 1.165) is 0 Å². The summed E-state index contributed by atoms with van der Waals surface area (Å²) in [7, 11) is 0. The minimum atomic E-state index is 0.363. The van der Waals surface area contributed by atoms with Gasteiger partial charge in [-0.3, -0.25) is 0 Å². The van der Waals surface area contributed by atoms with Crippen molar-refractivity contribution < 1.29 is 0 Å². The van der Waals surface area contributed by atoms with Crippen LogP contribution in [0.15, 0.2) is 96.6 Å². The summed E-state index contributed by atoms with van der Waals surface area (Å²) in [6.07, 6.45) is 2.42. The Labute approximate surface area is 138 Å². The van der Waals surface area contributed by atoms with Crippen molar-refractivity contribution in [3.63, 3.8) is 0 Å². The average Bonchev–Trinajstić information content (AvgIpc) is 3.37. The van der Waals surface area contributed by atoms with Crippen LogP contribution in [0.4, 0.5) is 0 Å². The van der Waals surface area contributed by atoms with Crippen LogP contribution in [-0.2, 0) is 0 Å². The zero-order valence-electron chi connectivity index (χ0n) is 13.3. The highest BCUT2D eigenvalue weighted by atomic mass is 14.4. The lowest BCUT2D eigenvalue weighted by Crippen LogP contribution is -2.02. The molecular weight excluding hydrogens is 276 g/mol. The van der Waals surface area contributed by atoms with Gasteiger partial charge in [-0.2, -0.15) is 0 Å². The van der Waals surface area contributed by atoms with Crippen LogP contribution < -0.4 is 0 Å². The highest BCUT2D eigenvalue weighted by Gasteiger charge is 2.35. The summed E-state index contributed by atoms with van der Waals surface area (Å²) >= 11 is 0. The van der Waals surface area contributed by atoms with Gasteiger partial charge in [0.05, 0.1) is 0 Å². The maximum atomic E-state index is 2.42. The molecule has 0 heterocycles. The first-order chi connectivity index (χ1) is 11.3. The van der Waals surface area contributed by atoms with E-state index in [9.17, 15) is 0 Å². The molecule has 1 atom stereocenters. The Morgan fingerprint density at radius 3 is 1.74 bits per heavy atom. The van der Waals surface area contributed by atoms with E-state index >= 15 is 0 Å². The van der Waals surface area contributed by atoms with E-state index in [1.807, 2.05) is 0 Å². The molecular formula is C23H20. The molecule has 0 N–H and O–H groups in total. The van der Waals surface area contributed by atoms with Gasteiger partial charge in [0.1, 0.15) is 0 Å². The Kier molecular flexibility index (Phi) is 3.59. The zero-order chi connectivity index (χ0) is 15.6. The molecule has 0 heteroatoms. The normalized spacial score (nSPS) is 16.3. The van der Waals surface area contributed by atoms with Gasteiger partial charge in [-0.15, -0.1) is 0 Å². The summed E-state index contributed by atoms with van der Waals surface area (Å²) in [5, 5.41) is 0.